The molecule has 1 aliphatic heterocycles. The summed E-state index contributed by atoms with van der Waals surface area (Å²) in [5.41, 5.74) is -0.894. The van der Waals surface area contributed by atoms with E-state index >= 15 is 0 Å². The smallest absolute Gasteiger partial charge is 0.324 e. The van der Waals surface area contributed by atoms with E-state index in [4.69, 9.17) is 35.4 Å². The second-order valence-electron chi connectivity index (χ2n) is 6.00. The standard InChI is InChI=1S/C19H11Cl2F3N2O2S2/c20-12-6-3-4-10(16(12)21)8-14-17(28)26(18(29)30-14)9-15(27)25-13-7-2-1-5-11(13)19(22,23)24/h1-8H,9H2,(H,25,27)/b14-8-. The highest BCUT2D eigenvalue weighted by atomic mass is 35.5. The molecule has 0 radical (unpaired) electrons. The highest BCUT2D eigenvalue weighted by molar-refractivity contribution is 8.26. The average Bonchev–Trinajstić information content (AvgIpc) is 2.92. The second-order valence-corrected chi connectivity index (χ2v) is 8.46. The predicted molar refractivity (Wildman–Crippen MR) is 116 cm³/mol. The first-order chi connectivity index (χ1) is 14.1. The van der Waals surface area contributed by atoms with E-state index < -0.39 is 35.8 Å². The van der Waals surface area contributed by atoms with Gasteiger partial charge in [0.15, 0.2) is 0 Å². The highest BCUT2D eigenvalue weighted by Gasteiger charge is 2.36. The Morgan fingerprint density at radius 3 is 2.57 bits per heavy atom. The first kappa shape index (κ1) is 22.6. The van der Waals surface area contributed by atoms with Gasteiger partial charge >= 0.3 is 6.18 Å². The maximum absolute atomic E-state index is 13.1. The summed E-state index contributed by atoms with van der Waals surface area (Å²) in [7, 11) is 0. The zero-order valence-electron chi connectivity index (χ0n) is 14.8. The molecule has 11 heteroatoms. The van der Waals surface area contributed by atoms with Gasteiger partial charge in [-0.3, -0.25) is 14.5 Å². The first-order valence-electron chi connectivity index (χ1n) is 8.23. The van der Waals surface area contributed by atoms with Crippen molar-refractivity contribution in [2.75, 3.05) is 11.9 Å². The third kappa shape index (κ3) is 4.97. The van der Waals surface area contributed by atoms with Gasteiger partial charge in [0.2, 0.25) is 5.91 Å². The summed E-state index contributed by atoms with van der Waals surface area (Å²) in [6.45, 7) is -0.530. The molecule has 4 nitrogen and oxygen atoms in total. The van der Waals surface area contributed by atoms with E-state index in [0.29, 0.717) is 10.6 Å². The Morgan fingerprint density at radius 2 is 1.87 bits per heavy atom. The number of rotatable bonds is 4. The van der Waals surface area contributed by atoms with Gasteiger partial charge in [-0.25, -0.2) is 0 Å². The maximum atomic E-state index is 13.1. The van der Waals surface area contributed by atoms with E-state index in [9.17, 15) is 22.8 Å². The number of alkyl halides is 3. The normalized spacial score (nSPS) is 15.8. The van der Waals surface area contributed by atoms with Gasteiger partial charge in [-0.15, -0.1) is 0 Å². The Morgan fingerprint density at radius 1 is 1.17 bits per heavy atom. The number of thioether (sulfide) groups is 1. The molecule has 2 aromatic rings. The lowest BCUT2D eigenvalue weighted by molar-refractivity contribution is -0.137. The third-order valence-corrected chi connectivity index (χ3v) is 6.16. The molecule has 1 aliphatic rings. The molecular weight excluding hydrogens is 480 g/mol. The highest BCUT2D eigenvalue weighted by Crippen LogP contribution is 2.36. The Hall–Kier alpha value is -2.07. The molecule has 0 spiro atoms. The predicted octanol–water partition coefficient (Wildman–Crippen LogP) is 5.85. The van der Waals surface area contributed by atoms with Crippen molar-refractivity contribution in [1.29, 1.82) is 0 Å². The van der Waals surface area contributed by atoms with Gasteiger partial charge in [0, 0.05) is 0 Å². The Bertz CT molecular complexity index is 1070. The van der Waals surface area contributed by atoms with Crippen LogP contribution in [-0.4, -0.2) is 27.6 Å². The van der Waals surface area contributed by atoms with E-state index in [2.05, 4.69) is 5.32 Å². The fourth-order valence-corrected chi connectivity index (χ4v) is 4.19. The number of amides is 2. The number of hydrogen-bond acceptors (Lipinski definition) is 4. The molecule has 1 heterocycles. The van der Waals surface area contributed by atoms with Crippen LogP contribution in [0, 0.1) is 0 Å². The van der Waals surface area contributed by atoms with Crippen molar-refractivity contribution in [3.05, 3.63) is 68.5 Å². The van der Waals surface area contributed by atoms with Crippen molar-refractivity contribution in [1.82, 2.24) is 4.90 Å². The molecule has 156 valence electrons. The van der Waals surface area contributed by atoms with Gasteiger partial charge in [-0.1, -0.05) is 71.4 Å². The number of carbonyl (C=O) groups is 2. The summed E-state index contributed by atoms with van der Waals surface area (Å²) in [5.74, 6) is -1.37. The molecule has 1 saturated heterocycles. The quantitative estimate of drug-likeness (QED) is 0.431. The number of anilines is 1. The number of carbonyl (C=O) groups excluding carboxylic acids is 2. The summed E-state index contributed by atoms with van der Waals surface area (Å²) in [4.78, 5) is 26.2. The minimum absolute atomic E-state index is 0.101. The van der Waals surface area contributed by atoms with Gasteiger partial charge in [-0.05, 0) is 29.8 Å². The van der Waals surface area contributed by atoms with E-state index in [1.165, 1.54) is 18.2 Å². The van der Waals surface area contributed by atoms with Gasteiger partial charge in [0.25, 0.3) is 5.91 Å². The van der Waals surface area contributed by atoms with Gasteiger partial charge < -0.3 is 5.32 Å². The SMILES string of the molecule is O=C(CN1C(=O)/C(=C/c2cccc(Cl)c2Cl)SC1=S)Nc1ccccc1C(F)(F)F. The van der Waals surface area contributed by atoms with Gasteiger partial charge in [-0.2, -0.15) is 13.2 Å². The number of thiocarbonyl (C=S) groups is 1. The first-order valence-corrected chi connectivity index (χ1v) is 10.2. The molecule has 0 saturated carbocycles. The van der Waals surface area contributed by atoms with Gasteiger partial charge in [0.1, 0.15) is 10.9 Å². The largest absolute Gasteiger partial charge is 0.418 e. The number of nitrogens with one attached hydrogen (secondary N) is 1. The van der Waals surface area contributed by atoms with Crippen LogP contribution >= 0.6 is 47.2 Å². The molecule has 0 atom stereocenters. The fraction of sp³-hybridized carbons (Fsp3) is 0.105. The van der Waals surface area contributed by atoms with Crippen LogP contribution in [0.2, 0.25) is 10.0 Å². The number of para-hydroxylation sites is 1. The molecule has 1 fully saturated rings. The molecular formula is C19H11Cl2F3N2O2S2. The molecule has 2 aromatic carbocycles. The monoisotopic (exact) mass is 490 g/mol. The molecule has 1 N–H and O–H groups in total. The van der Waals surface area contributed by atoms with Crippen molar-refractivity contribution < 1.29 is 22.8 Å². The summed E-state index contributed by atoms with van der Waals surface area (Å²) in [6, 6.07) is 9.47. The van der Waals surface area contributed by atoms with Crippen LogP contribution in [0.5, 0.6) is 0 Å². The van der Waals surface area contributed by atoms with Crippen molar-refractivity contribution in [2.24, 2.45) is 0 Å². The van der Waals surface area contributed by atoms with Crippen LogP contribution in [0.15, 0.2) is 47.4 Å². The molecule has 3 rings (SSSR count). The minimum atomic E-state index is -4.63. The van der Waals surface area contributed by atoms with Gasteiger partial charge in [0.05, 0.1) is 26.2 Å². The minimum Gasteiger partial charge on any atom is -0.324 e. The second kappa shape index (κ2) is 8.97. The Kier molecular flexibility index (Phi) is 6.76. The zero-order valence-corrected chi connectivity index (χ0v) is 17.9. The lowest BCUT2D eigenvalue weighted by Gasteiger charge is -2.16. The third-order valence-electron chi connectivity index (χ3n) is 3.95. The molecule has 0 bridgehead atoms. The molecule has 0 aromatic heterocycles. The van der Waals surface area contributed by atoms with E-state index in [-0.39, 0.29) is 14.2 Å². The summed E-state index contributed by atoms with van der Waals surface area (Å²) in [5, 5.41) is 2.75. The Balaban J connectivity index is 1.76. The molecule has 30 heavy (non-hydrogen) atoms. The van der Waals surface area contributed by atoms with Crippen LogP contribution in [0.25, 0.3) is 6.08 Å². The fourth-order valence-electron chi connectivity index (χ4n) is 2.58. The van der Waals surface area contributed by atoms with Crippen molar-refractivity contribution >= 4 is 75.1 Å². The van der Waals surface area contributed by atoms with E-state index in [0.717, 1.165) is 28.8 Å². The summed E-state index contributed by atoms with van der Waals surface area (Å²) >= 11 is 18.2. The number of benzene rings is 2. The number of hydrogen-bond donors (Lipinski definition) is 1. The zero-order chi connectivity index (χ0) is 22.1. The summed E-state index contributed by atoms with van der Waals surface area (Å²) in [6.07, 6.45) is -3.14. The topological polar surface area (TPSA) is 49.4 Å². The lowest BCUT2D eigenvalue weighted by atomic mass is 10.1. The van der Waals surface area contributed by atoms with Crippen LogP contribution in [0.4, 0.5) is 18.9 Å². The van der Waals surface area contributed by atoms with Crippen LogP contribution in [0.1, 0.15) is 11.1 Å². The van der Waals surface area contributed by atoms with Crippen LogP contribution < -0.4 is 5.32 Å². The number of halogens is 5. The maximum Gasteiger partial charge on any atom is 0.418 e. The van der Waals surface area contributed by atoms with Crippen LogP contribution in [0.3, 0.4) is 0 Å². The Labute approximate surface area is 189 Å². The average molecular weight is 491 g/mol. The van der Waals surface area contributed by atoms with Crippen molar-refractivity contribution in [3.8, 4) is 0 Å². The van der Waals surface area contributed by atoms with E-state index in [1.54, 1.807) is 18.2 Å². The molecule has 0 unspecified atom stereocenters. The van der Waals surface area contributed by atoms with E-state index in [1.807, 2.05) is 0 Å². The number of nitrogens with zero attached hydrogens (tertiary/aromatic N) is 1. The molecule has 0 aliphatic carbocycles. The van der Waals surface area contributed by atoms with Crippen molar-refractivity contribution in [2.45, 2.75) is 6.18 Å². The van der Waals surface area contributed by atoms with Crippen molar-refractivity contribution in [3.63, 3.8) is 0 Å². The lowest BCUT2D eigenvalue weighted by Crippen LogP contribution is -2.36. The molecule has 2 amide bonds. The summed E-state index contributed by atoms with van der Waals surface area (Å²) < 4.78 is 39.3. The van der Waals surface area contributed by atoms with Crippen LogP contribution in [-0.2, 0) is 15.8 Å².